The predicted octanol–water partition coefficient (Wildman–Crippen LogP) is 2.58. The zero-order valence-electron chi connectivity index (χ0n) is 13.4. The summed E-state index contributed by atoms with van der Waals surface area (Å²) in [4.78, 5) is 2.50. The molecule has 0 aliphatic carbocycles. The van der Waals surface area contributed by atoms with Crippen LogP contribution in [-0.2, 0) is 4.74 Å². The average Bonchev–Trinajstić information content (AvgIpc) is 2.50. The molecule has 0 saturated carbocycles. The minimum absolute atomic E-state index is 0.247. The second-order valence-corrected chi connectivity index (χ2v) is 5.66. The van der Waals surface area contributed by atoms with Gasteiger partial charge in [-0.3, -0.25) is 4.90 Å². The molecule has 4 nitrogen and oxygen atoms in total. The largest absolute Gasteiger partial charge is 0.494 e. The van der Waals surface area contributed by atoms with Crippen LogP contribution in [0.25, 0.3) is 0 Å². The van der Waals surface area contributed by atoms with Crippen LogP contribution in [0.3, 0.4) is 0 Å². The Morgan fingerprint density at radius 2 is 2.05 bits per heavy atom. The highest BCUT2D eigenvalue weighted by Gasteiger charge is 2.31. The molecule has 1 saturated heterocycles. The van der Waals surface area contributed by atoms with Gasteiger partial charge in [0, 0.05) is 25.2 Å². The van der Waals surface area contributed by atoms with Gasteiger partial charge in [-0.25, -0.2) is 0 Å². The molecule has 1 heterocycles. The van der Waals surface area contributed by atoms with Crippen molar-refractivity contribution in [1.82, 2.24) is 4.90 Å². The number of nitrogens with zero attached hydrogens (tertiary/aromatic N) is 1. The zero-order valence-corrected chi connectivity index (χ0v) is 13.4. The van der Waals surface area contributed by atoms with E-state index in [1.165, 1.54) is 5.56 Å². The van der Waals surface area contributed by atoms with Crippen LogP contribution in [0.15, 0.2) is 24.3 Å². The number of nitrogens with two attached hydrogens (primary N) is 1. The maximum absolute atomic E-state index is 6.08. The van der Waals surface area contributed by atoms with Gasteiger partial charge in [0.1, 0.15) is 5.75 Å². The third-order valence-corrected chi connectivity index (χ3v) is 4.18. The Morgan fingerprint density at radius 3 is 2.62 bits per heavy atom. The molecule has 0 radical (unpaired) electrons. The lowest BCUT2D eigenvalue weighted by atomic mass is 10.0. The van der Waals surface area contributed by atoms with Crippen LogP contribution < -0.4 is 10.5 Å². The van der Waals surface area contributed by atoms with E-state index in [-0.39, 0.29) is 12.1 Å². The zero-order chi connectivity index (χ0) is 15.2. The first-order chi connectivity index (χ1) is 10.2. The molecule has 0 aromatic heterocycles. The van der Waals surface area contributed by atoms with E-state index in [2.05, 4.69) is 30.9 Å². The molecule has 1 aromatic carbocycles. The fourth-order valence-electron chi connectivity index (χ4n) is 3.02. The molecule has 1 fully saturated rings. The van der Waals surface area contributed by atoms with E-state index in [9.17, 15) is 0 Å². The summed E-state index contributed by atoms with van der Waals surface area (Å²) in [5.41, 5.74) is 7.34. The summed E-state index contributed by atoms with van der Waals surface area (Å²) in [5.74, 6) is 0.916. The van der Waals surface area contributed by atoms with E-state index >= 15 is 0 Å². The Labute approximate surface area is 128 Å². The van der Waals surface area contributed by atoms with Gasteiger partial charge < -0.3 is 15.2 Å². The molecule has 0 spiro atoms. The van der Waals surface area contributed by atoms with Gasteiger partial charge in [-0.2, -0.15) is 0 Å². The Balaban J connectivity index is 2.16. The fraction of sp³-hybridized carbons (Fsp3) is 0.647. The molecule has 1 aliphatic rings. The van der Waals surface area contributed by atoms with Crippen LogP contribution in [0.4, 0.5) is 0 Å². The molecule has 21 heavy (non-hydrogen) atoms. The quantitative estimate of drug-likeness (QED) is 0.875. The first kappa shape index (κ1) is 16.3. The van der Waals surface area contributed by atoms with Crippen molar-refractivity contribution in [3.05, 3.63) is 29.8 Å². The summed E-state index contributed by atoms with van der Waals surface area (Å²) in [7, 11) is 0. The predicted molar refractivity (Wildman–Crippen MR) is 85.6 cm³/mol. The van der Waals surface area contributed by atoms with Gasteiger partial charge in [-0.05, 0) is 38.0 Å². The standard InChI is InChI=1S/C17H28N2O2/c1-4-15-12-21-13(3)11-19(15)17(10-18)14-6-8-16(9-7-14)20-5-2/h6-9,13,15,17H,4-5,10-12,18H2,1-3H3. The Bertz CT molecular complexity index is 421. The van der Waals surface area contributed by atoms with Gasteiger partial charge in [0.25, 0.3) is 0 Å². The maximum Gasteiger partial charge on any atom is 0.119 e. The lowest BCUT2D eigenvalue weighted by molar-refractivity contribution is -0.0719. The van der Waals surface area contributed by atoms with Crippen LogP contribution >= 0.6 is 0 Å². The number of morpholine rings is 1. The number of hydrogen-bond donors (Lipinski definition) is 1. The Hall–Kier alpha value is -1.10. The molecular weight excluding hydrogens is 264 g/mol. The molecule has 1 aromatic rings. The van der Waals surface area contributed by atoms with Gasteiger partial charge in [0.2, 0.25) is 0 Å². The van der Waals surface area contributed by atoms with Crippen LogP contribution in [-0.4, -0.2) is 43.3 Å². The second kappa shape index (κ2) is 7.78. The highest BCUT2D eigenvalue weighted by Crippen LogP contribution is 2.28. The van der Waals surface area contributed by atoms with Crippen molar-refractivity contribution < 1.29 is 9.47 Å². The van der Waals surface area contributed by atoms with Crippen LogP contribution in [0.5, 0.6) is 5.75 Å². The smallest absolute Gasteiger partial charge is 0.119 e. The summed E-state index contributed by atoms with van der Waals surface area (Å²) in [6.45, 7) is 9.39. The Morgan fingerprint density at radius 1 is 1.33 bits per heavy atom. The van der Waals surface area contributed by atoms with E-state index in [1.807, 2.05) is 19.1 Å². The van der Waals surface area contributed by atoms with Crippen molar-refractivity contribution in [3.63, 3.8) is 0 Å². The van der Waals surface area contributed by atoms with E-state index in [0.29, 0.717) is 19.2 Å². The first-order valence-corrected chi connectivity index (χ1v) is 7.99. The summed E-state index contributed by atoms with van der Waals surface area (Å²) >= 11 is 0. The van der Waals surface area contributed by atoms with Crippen molar-refractivity contribution >= 4 is 0 Å². The van der Waals surface area contributed by atoms with E-state index in [4.69, 9.17) is 15.2 Å². The van der Waals surface area contributed by atoms with Gasteiger partial charge in [0.15, 0.2) is 0 Å². The number of rotatable bonds is 6. The highest BCUT2D eigenvalue weighted by molar-refractivity contribution is 5.29. The van der Waals surface area contributed by atoms with E-state index in [1.54, 1.807) is 0 Å². The van der Waals surface area contributed by atoms with Gasteiger partial charge in [0.05, 0.1) is 19.3 Å². The summed E-state index contributed by atoms with van der Waals surface area (Å²) in [6, 6.07) is 9.03. The minimum Gasteiger partial charge on any atom is -0.494 e. The normalized spacial score (nSPS) is 24.8. The van der Waals surface area contributed by atoms with Crippen molar-refractivity contribution in [2.45, 2.75) is 45.4 Å². The summed E-state index contributed by atoms with van der Waals surface area (Å²) in [5, 5.41) is 0. The van der Waals surface area contributed by atoms with Crippen molar-refractivity contribution in [3.8, 4) is 5.75 Å². The SMILES string of the molecule is CCOc1ccc(C(CN)N2CC(C)OCC2CC)cc1. The van der Waals surface area contributed by atoms with Gasteiger partial charge >= 0.3 is 0 Å². The van der Waals surface area contributed by atoms with E-state index in [0.717, 1.165) is 25.3 Å². The van der Waals surface area contributed by atoms with Gasteiger partial charge in [-0.15, -0.1) is 0 Å². The average molecular weight is 292 g/mol. The lowest BCUT2D eigenvalue weighted by Gasteiger charge is -2.43. The van der Waals surface area contributed by atoms with Gasteiger partial charge in [-0.1, -0.05) is 19.1 Å². The monoisotopic (exact) mass is 292 g/mol. The fourth-order valence-corrected chi connectivity index (χ4v) is 3.02. The topological polar surface area (TPSA) is 47.7 Å². The van der Waals surface area contributed by atoms with Crippen LogP contribution in [0.2, 0.25) is 0 Å². The van der Waals surface area contributed by atoms with E-state index < -0.39 is 0 Å². The molecule has 1 aliphatic heterocycles. The van der Waals surface area contributed by atoms with Crippen molar-refractivity contribution in [2.75, 3.05) is 26.3 Å². The molecular formula is C17H28N2O2. The number of benzene rings is 1. The molecule has 2 N–H and O–H groups in total. The third-order valence-electron chi connectivity index (χ3n) is 4.18. The summed E-state index contributed by atoms with van der Waals surface area (Å²) < 4.78 is 11.3. The molecule has 4 heteroatoms. The lowest BCUT2D eigenvalue weighted by Crippen LogP contribution is -2.51. The highest BCUT2D eigenvalue weighted by atomic mass is 16.5. The molecule has 3 atom stereocenters. The van der Waals surface area contributed by atoms with Crippen molar-refractivity contribution in [1.29, 1.82) is 0 Å². The number of ether oxygens (including phenoxy) is 2. The first-order valence-electron chi connectivity index (χ1n) is 7.99. The molecule has 118 valence electrons. The summed E-state index contributed by atoms with van der Waals surface area (Å²) in [6.07, 6.45) is 1.35. The molecule has 0 bridgehead atoms. The Kier molecular flexibility index (Phi) is 6.03. The minimum atomic E-state index is 0.247. The second-order valence-electron chi connectivity index (χ2n) is 5.66. The maximum atomic E-state index is 6.08. The third kappa shape index (κ3) is 3.96. The molecule has 0 amide bonds. The molecule has 3 unspecified atom stereocenters. The van der Waals surface area contributed by atoms with Crippen molar-refractivity contribution in [2.24, 2.45) is 5.73 Å². The van der Waals surface area contributed by atoms with Crippen LogP contribution in [0, 0.1) is 0 Å². The van der Waals surface area contributed by atoms with Crippen LogP contribution in [0.1, 0.15) is 38.8 Å². The molecule has 2 rings (SSSR count). The number of hydrogen-bond acceptors (Lipinski definition) is 4.